The van der Waals surface area contributed by atoms with Crippen molar-refractivity contribution in [2.45, 2.75) is 12.5 Å². The third-order valence-corrected chi connectivity index (χ3v) is 4.18. The third kappa shape index (κ3) is 3.01. The summed E-state index contributed by atoms with van der Waals surface area (Å²) in [6.07, 6.45) is 2.26. The molecule has 1 aliphatic rings. The molecule has 0 bridgehead atoms. The van der Waals surface area contributed by atoms with Crippen molar-refractivity contribution in [3.05, 3.63) is 88.4 Å². The second-order valence-corrected chi connectivity index (χ2v) is 5.80. The van der Waals surface area contributed by atoms with E-state index in [0.29, 0.717) is 6.42 Å². The fourth-order valence-corrected chi connectivity index (χ4v) is 2.94. The number of aliphatic imine (C=N–C) groups is 1. The molecule has 1 aliphatic heterocycles. The van der Waals surface area contributed by atoms with Crippen LogP contribution in [0.4, 0.5) is 17.1 Å². The largest absolute Gasteiger partial charge is 0.467 e. The van der Waals surface area contributed by atoms with E-state index in [9.17, 15) is 10.1 Å². The van der Waals surface area contributed by atoms with Gasteiger partial charge in [-0.1, -0.05) is 12.1 Å². The zero-order valence-electron chi connectivity index (χ0n) is 13.3. The first kappa shape index (κ1) is 15.1. The molecule has 1 atom stereocenters. The van der Waals surface area contributed by atoms with Gasteiger partial charge in [-0.2, -0.15) is 0 Å². The molecule has 1 aromatic heterocycles. The average molecular weight is 333 g/mol. The van der Waals surface area contributed by atoms with Crippen LogP contribution in [-0.4, -0.2) is 10.6 Å². The van der Waals surface area contributed by atoms with Crippen LogP contribution >= 0.6 is 0 Å². The van der Waals surface area contributed by atoms with E-state index in [2.05, 4.69) is 5.32 Å². The van der Waals surface area contributed by atoms with Crippen LogP contribution in [0.2, 0.25) is 0 Å². The summed E-state index contributed by atoms with van der Waals surface area (Å²) in [5.74, 6) is 0.825. The Hall–Kier alpha value is -3.41. The number of hydrogen-bond donors (Lipinski definition) is 1. The summed E-state index contributed by atoms with van der Waals surface area (Å²) < 4.78 is 5.57. The van der Waals surface area contributed by atoms with Crippen LogP contribution in [0.25, 0.3) is 0 Å². The maximum Gasteiger partial charge on any atom is 0.269 e. The van der Waals surface area contributed by atoms with Gasteiger partial charge in [0.2, 0.25) is 0 Å². The molecule has 6 heteroatoms. The van der Waals surface area contributed by atoms with Crippen LogP contribution < -0.4 is 5.32 Å². The van der Waals surface area contributed by atoms with Crippen LogP contribution in [0, 0.1) is 10.1 Å². The molecule has 2 aromatic carbocycles. The number of non-ortho nitro benzene ring substituents is 1. The molecule has 0 spiro atoms. The standard InChI is InChI=1S/C19H15N3O3/c23-22(24)14-9-7-13(8-10-14)17-12-18(19-6-3-11-25-19)21-16-5-2-1-4-15(16)20-17/h1-11,18,21H,12H2/t18-/m0/s1. The number of nitro groups is 1. The Labute approximate surface area is 144 Å². The van der Waals surface area contributed by atoms with Crippen LogP contribution in [-0.2, 0) is 0 Å². The first-order valence-electron chi connectivity index (χ1n) is 7.92. The summed E-state index contributed by atoms with van der Waals surface area (Å²) in [5, 5.41) is 14.3. The second-order valence-electron chi connectivity index (χ2n) is 5.80. The highest BCUT2D eigenvalue weighted by Gasteiger charge is 2.23. The summed E-state index contributed by atoms with van der Waals surface area (Å²) in [6, 6.07) is 18.0. The van der Waals surface area contributed by atoms with Gasteiger partial charge in [0.15, 0.2) is 0 Å². The minimum atomic E-state index is -0.402. The maximum atomic E-state index is 10.9. The van der Waals surface area contributed by atoms with E-state index in [-0.39, 0.29) is 11.7 Å². The molecule has 1 N–H and O–H groups in total. The van der Waals surface area contributed by atoms with Crippen molar-refractivity contribution in [2.24, 2.45) is 4.99 Å². The lowest BCUT2D eigenvalue weighted by Gasteiger charge is -2.16. The molecular formula is C19H15N3O3. The average Bonchev–Trinajstić information content (AvgIpc) is 3.09. The molecule has 0 saturated carbocycles. The molecule has 3 aromatic rings. The van der Waals surface area contributed by atoms with Gasteiger partial charge in [-0.3, -0.25) is 15.1 Å². The number of hydrogen-bond acceptors (Lipinski definition) is 5. The summed E-state index contributed by atoms with van der Waals surface area (Å²) in [4.78, 5) is 15.3. The molecule has 0 fully saturated rings. The summed E-state index contributed by atoms with van der Waals surface area (Å²) in [7, 11) is 0. The van der Waals surface area contributed by atoms with E-state index >= 15 is 0 Å². The van der Waals surface area contributed by atoms with Crippen LogP contribution in [0.1, 0.15) is 23.8 Å². The summed E-state index contributed by atoms with van der Waals surface area (Å²) in [6.45, 7) is 0. The summed E-state index contributed by atoms with van der Waals surface area (Å²) >= 11 is 0. The molecule has 0 unspecified atom stereocenters. The molecular weight excluding hydrogens is 318 g/mol. The van der Waals surface area contributed by atoms with Gasteiger partial charge in [0.25, 0.3) is 5.69 Å². The highest BCUT2D eigenvalue weighted by molar-refractivity contribution is 6.04. The predicted molar refractivity (Wildman–Crippen MR) is 95.4 cm³/mol. The Morgan fingerprint density at radius 1 is 1.08 bits per heavy atom. The molecule has 0 amide bonds. The number of nitrogens with one attached hydrogen (secondary N) is 1. The van der Waals surface area contributed by atoms with Crippen molar-refractivity contribution in [3.8, 4) is 0 Å². The molecule has 0 aliphatic carbocycles. The molecule has 25 heavy (non-hydrogen) atoms. The Morgan fingerprint density at radius 3 is 2.60 bits per heavy atom. The molecule has 6 nitrogen and oxygen atoms in total. The van der Waals surface area contributed by atoms with Crippen molar-refractivity contribution in [1.29, 1.82) is 0 Å². The Bertz CT molecular complexity index is 931. The van der Waals surface area contributed by atoms with Crippen LogP contribution in [0.5, 0.6) is 0 Å². The molecule has 124 valence electrons. The molecule has 0 saturated heterocycles. The van der Waals surface area contributed by atoms with Gasteiger partial charge in [0.1, 0.15) is 5.76 Å². The third-order valence-electron chi connectivity index (χ3n) is 4.18. The van der Waals surface area contributed by atoms with Crippen LogP contribution in [0.3, 0.4) is 0 Å². The quantitative estimate of drug-likeness (QED) is 0.548. The van der Waals surface area contributed by atoms with Gasteiger partial charge in [-0.25, -0.2) is 0 Å². The van der Waals surface area contributed by atoms with Crippen molar-refractivity contribution in [2.75, 3.05) is 5.32 Å². The van der Waals surface area contributed by atoms with E-state index in [1.165, 1.54) is 12.1 Å². The number of nitro benzene ring substituents is 1. The highest BCUT2D eigenvalue weighted by atomic mass is 16.6. The topological polar surface area (TPSA) is 80.7 Å². The van der Waals surface area contributed by atoms with E-state index in [0.717, 1.165) is 28.4 Å². The Morgan fingerprint density at radius 2 is 1.88 bits per heavy atom. The highest BCUT2D eigenvalue weighted by Crippen LogP contribution is 2.35. The first-order chi connectivity index (χ1) is 12.2. The van der Waals surface area contributed by atoms with Gasteiger partial charge in [-0.05, 0) is 42.0 Å². The number of benzene rings is 2. The SMILES string of the molecule is O=[N+]([O-])c1ccc(C2=Nc3ccccc3N[C@H](c3ccco3)C2)cc1. The number of para-hydroxylation sites is 2. The monoisotopic (exact) mass is 333 g/mol. The van der Waals surface area contributed by atoms with Gasteiger partial charge in [-0.15, -0.1) is 0 Å². The van der Waals surface area contributed by atoms with E-state index in [1.807, 2.05) is 36.4 Å². The van der Waals surface area contributed by atoms with Gasteiger partial charge < -0.3 is 9.73 Å². The number of rotatable bonds is 3. The fraction of sp³-hybridized carbons (Fsp3) is 0.105. The minimum absolute atomic E-state index is 0.0624. The zero-order valence-corrected chi connectivity index (χ0v) is 13.3. The Balaban J connectivity index is 1.76. The van der Waals surface area contributed by atoms with Gasteiger partial charge in [0.05, 0.1) is 34.3 Å². The molecule has 0 radical (unpaired) electrons. The van der Waals surface area contributed by atoms with Gasteiger partial charge >= 0.3 is 0 Å². The van der Waals surface area contributed by atoms with Crippen molar-refractivity contribution in [1.82, 2.24) is 0 Å². The maximum absolute atomic E-state index is 10.9. The van der Waals surface area contributed by atoms with E-state index in [1.54, 1.807) is 18.4 Å². The van der Waals surface area contributed by atoms with Crippen LogP contribution in [0.15, 0.2) is 76.3 Å². The van der Waals surface area contributed by atoms with Crippen molar-refractivity contribution in [3.63, 3.8) is 0 Å². The lowest BCUT2D eigenvalue weighted by molar-refractivity contribution is -0.384. The minimum Gasteiger partial charge on any atom is -0.467 e. The smallest absolute Gasteiger partial charge is 0.269 e. The zero-order chi connectivity index (χ0) is 17.2. The molecule has 2 heterocycles. The molecule has 4 rings (SSSR count). The predicted octanol–water partition coefficient (Wildman–Crippen LogP) is 4.87. The number of fused-ring (bicyclic) bond motifs is 1. The first-order valence-corrected chi connectivity index (χ1v) is 7.92. The lowest BCUT2D eigenvalue weighted by Crippen LogP contribution is -2.13. The second kappa shape index (κ2) is 6.24. The fourth-order valence-electron chi connectivity index (χ4n) is 2.94. The van der Waals surface area contributed by atoms with Crippen molar-refractivity contribution < 1.29 is 9.34 Å². The number of anilines is 1. The van der Waals surface area contributed by atoms with E-state index in [4.69, 9.17) is 9.41 Å². The Kier molecular flexibility index (Phi) is 3.78. The van der Waals surface area contributed by atoms with E-state index < -0.39 is 4.92 Å². The summed E-state index contributed by atoms with van der Waals surface area (Å²) in [5.41, 5.74) is 3.55. The number of furan rings is 1. The number of nitrogens with zero attached hydrogens (tertiary/aromatic N) is 2. The van der Waals surface area contributed by atoms with Gasteiger partial charge in [0, 0.05) is 18.6 Å². The lowest BCUT2D eigenvalue weighted by atomic mass is 10.0. The normalized spacial score (nSPS) is 16.3. The van der Waals surface area contributed by atoms with Crippen molar-refractivity contribution >= 4 is 22.8 Å².